The summed E-state index contributed by atoms with van der Waals surface area (Å²) in [5.41, 5.74) is 1.63. The lowest BCUT2D eigenvalue weighted by Crippen LogP contribution is -2.24. The van der Waals surface area contributed by atoms with Gasteiger partial charge in [-0.15, -0.1) is 0 Å². The Labute approximate surface area is 127 Å². The Bertz CT molecular complexity index is 555. The normalized spacial score (nSPS) is 17.9. The average molecular weight is 307 g/mol. The van der Waals surface area contributed by atoms with Crippen molar-refractivity contribution in [2.75, 3.05) is 18.6 Å². The molecule has 0 radical (unpaired) electrons. The lowest BCUT2D eigenvalue weighted by molar-refractivity contribution is -0.139. The van der Waals surface area contributed by atoms with Crippen molar-refractivity contribution >= 4 is 34.4 Å². The summed E-state index contributed by atoms with van der Waals surface area (Å²) in [4.78, 5) is 36.0. The topological polar surface area (TPSA) is 63.7 Å². The van der Waals surface area contributed by atoms with Crippen LogP contribution in [0.25, 0.3) is 0 Å². The van der Waals surface area contributed by atoms with Crippen molar-refractivity contribution < 1.29 is 19.1 Å². The second-order valence-electron chi connectivity index (χ2n) is 4.86. The van der Waals surface area contributed by atoms with Gasteiger partial charge in [-0.3, -0.25) is 14.4 Å². The van der Waals surface area contributed by atoms with Crippen molar-refractivity contribution in [3.63, 3.8) is 0 Å². The largest absolute Gasteiger partial charge is 0.469 e. The molecule has 1 aromatic carbocycles. The zero-order valence-corrected chi connectivity index (χ0v) is 12.8. The van der Waals surface area contributed by atoms with Crippen LogP contribution in [0, 0.1) is 0 Å². The van der Waals surface area contributed by atoms with Gasteiger partial charge in [-0.1, -0.05) is 23.9 Å². The number of carbonyl (C=O) groups excluding carboxylic acids is 3. The molecule has 1 aromatic rings. The van der Waals surface area contributed by atoms with E-state index in [-0.39, 0.29) is 28.7 Å². The molecule has 0 spiro atoms. The summed E-state index contributed by atoms with van der Waals surface area (Å²) in [6, 6.07) is 7.25. The maximum atomic E-state index is 12.0. The van der Waals surface area contributed by atoms with Crippen molar-refractivity contribution in [2.24, 2.45) is 0 Å². The van der Waals surface area contributed by atoms with Crippen molar-refractivity contribution in [2.45, 2.75) is 25.0 Å². The van der Waals surface area contributed by atoms with E-state index in [1.54, 1.807) is 4.90 Å². The smallest absolute Gasteiger partial charge is 0.309 e. The molecule has 1 amide bonds. The lowest BCUT2D eigenvalue weighted by atomic mass is 10.1. The number of benzene rings is 1. The third-order valence-electron chi connectivity index (χ3n) is 3.25. The van der Waals surface area contributed by atoms with E-state index in [0.717, 1.165) is 11.3 Å². The Kier molecular flexibility index (Phi) is 5.01. The average Bonchev–Trinajstić information content (AvgIpc) is 2.79. The Balaban J connectivity index is 2.03. The molecule has 5 nitrogen and oxygen atoms in total. The van der Waals surface area contributed by atoms with Gasteiger partial charge >= 0.3 is 5.97 Å². The van der Waals surface area contributed by atoms with Crippen LogP contribution in [0.15, 0.2) is 24.3 Å². The van der Waals surface area contributed by atoms with Gasteiger partial charge in [-0.05, 0) is 17.7 Å². The molecule has 1 atom stereocenters. The van der Waals surface area contributed by atoms with Crippen LogP contribution in [-0.2, 0) is 25.5 Å². The number of rotatable bonds is 4. The number of amides is 1. The fraction of sp³-hybridized carbons (Fsp3) is 0.400. The number of esters is 1. The van der Waals surface area contributed by atoms with Crippen molar-refractivity contribution in [3.8, 4) is 0 Å². The number of carbonyl (C=O) groups is 3. The van der Waals surface area contributed by atoms with Gasteiger partial charge in [0.2, 0.25) is 5.91 Å². The zero-order valence-electron chi connectivity index (χ0n) is 12.0. The fourth-order valence-electron chi connectivity index (χ4n) is 2.27. The molecule has 0 aromatic heterocycles. The van der Waals surface area contributed by atoms with E-state index < -0.39 is 0 Å². The molecule has 1 fully saturated rings. The van der Waals surface area contributed by atoms with Gasteiger partial charge in [0.15, 0.2) is 5.12 Å². The number of hydrogen-bond donors (Lipinski definition) is 0. The van der Waals surface area contributed by atoms with Crippen molar-refractivity contribution in [1.82, 2.24) is 0 Å². The highest BCUT2D eigenvalue weighted by atomic mass is 32.2. The Hall–Kier alpha value is -1.82. The Morgan fingerprint density at radius 2 is 2.00 bits per heavy atom. The molecule has 6 heteroatoms. The van der Waals surface area contributed by atoms with Gasteiger partial charge in [0.25, 0.3) is 0 Å². The van der Waals surface area contributed by atoms with Gasteiger partial charge in [0.05, 0.1) is 13.5 Å². The summed E-state index contributed by atoms with van der Waals surface area (Å²) >= 11 is 1.22. The first-order valence-electron chi connectivity index (χ1n) is 6.63. The van der Waals surface area contributed by atoms with Gasteiger partial charge < -0.3 is 9.64 Å². The van der Waals surface area contributed by atoms with Crippen LogP contribution >= 0.6 is 11.8 Å². The number of anilines is 1. The van der Waals surface area contributed by atoms with Crippen LogP contribution in [0.3, 0.4) is 0 Å². The second-order valence-corrected chi connectivity index (χ2v) is 6.34. The van der Waals surface area contributed by atoms with Crippen LogP contribution in [0.5, 0.6) is 0 Å². The maximum Gasteiger partial charge on any atom is 0.309 e. The summed E-state index contributed by atoms with van der Waals surface area (Å²) < 4.78 is 4.61. The monoisotopic (exact) mass is 307 g/mol. The minimum atomic E-state index is -0.294. The predicted octanol–water partition coefficient (Wildman–Crippen LogP) is 1.79. The minimum absolute atomic E-state index is 0.0183. The summed E-state index contributed by atoms with van der Waals surface area (Å²) in [5.74, 6) is -0.271. The molecule has 1 aliphatic heterocycles. The molecule has 2 rings (SSSR count). The van der Waals surface area contributed by atoms with Crippen LogP contribution in [0.2, 0.25) is 0 Å². The first-order chi connectivity index (χ1) is 9.99. The van der Waals surface area contributed by atoms with E-state index >= 15 is 0 Å². The van der Waals surface area contributed by atoms with Crippen LogP contribution in [-0.4, -0.2) is 35.9 Å². The molecule has 0 bridgehead atoms. The second kappa shape index (κ2) is 6.76. The molecule has 0 saturated carbocycles. The molecule has 21 heavy (non-hydrogen) atoms. The van der Waals surface area contributed by atoms with Gasteiger partial charge in [-0.25, -0.2) is 0 Å². The van der Waals surface area contributed by atoms with Gasteiger partial charge in [0, 0.05) is 30.8 Å². The Morgan fingerprint density at radius 3 is 2.57 bits per heavy atom. The zero-order chi connectivity index (χ0) is 15.4. The summed E-state index contributed by atoms with van der Waals surface area (Å²) in [6.45, 7) is 2.05. The summed E-state index contributed by atoms with van der Waals surface area (Å²) in [7, 11) is 1.35. The molecular weight excluding hydrogens is 290 g/mol. The SMILES string of the molecule is COC(=O)Cc1ccc(N2CC(SC(C)=O)CC2=O)cc1. The summed E-state index contributed by atoms with van der Waals surface area (Å²) in [5, 5.41) is 0.0489. The molecule has 1 saturated heterocycles. The Morgan fingerprint density at radius 1 is 1.33 bits per heavy atom. The highest BCUT2D eigenvalue weighted by molar-refractivity contribution is 8.14. The molecule has 1 aliphatic rings. The number of ether oxygens (including phenoxy) is 1. The van der Waals surface area contributed by atoms with E-state index in [4.69, 9.17) is 0 Å². The minimum Gasteiger partial charge on any atom is -0.469 e. The summed E-state index contributed by atoms with van der Waals surface area (Å²) in [6.07, 6.45) is 0.599. The van der Waals surface area contributed by atoms with Gasteiger partial charge in [-0.2, -0.15) is 0 Å². The molecule has 0 aliphatic carbocycles. The lowest BCUT2D eigenvalue weighted by Gasteiger charge is -2.16. The predicted molar refractivity (Wildman–Crippen MR) is 81.2 cm³/mol. The number of thioether (sulfide) groups is 1. The maximum absolute atomic E-state index is 12.0. The number of methoxy groups -OCH3 is 1. The van der Waals surface area contributed by atoms with E-state index in [1.807, 2.05) is 24.3 Å². The van der Waals surface area contributed by atoms with Crippen molar-refractivity contribution in [1.29, 1.82) is 0 Å². The molecule has 1 heterocycles. The van der Waals surface area contributed by atoms with E-state index in [2.05, 4.69) is 4.74 Å². The number of nitrogens with zero attached hydrogens (tertiary/aromatic N) is 1. The third-order valence-corrected chi connectivity index (χ3v) is 4.23. The van der Waals surface area contributed by atoms with Crippen molar-refractivity contribution in [3.05, 3.63) is 29.8 Å². The first-order valence-corrected chi connectivity index (χ1v) is 7.51. The molecular formula is C15H17NO4S. The first kappa shape index (κ1) is 15.6. The molecule has 0 N–H and O–H groups in total. The van der Waals surface area contributed by atoms with Crippen LogP contribution < -0.4 is 4.90 Å². The quantitative estimate of drug-likeness (QED) is 0.794. The number of hydrogen-bond acceptors (Lipinski definition) is 5. The van der Waals surface area contributed by atoms with E-state index in [1.165, 1.54) is 25.8 Å². The molecule has 1 unspecified atom stereocenters. The van der Waals surface area contributed by atoms with Crippen LogP contribution in [0.1, 0.15) is 18.9 Å². The third kappa shape index (κ3) is 4.07. The van der Waals surface area contributed by atoms with E-state index in [0.29, 0.717) is 13.0 Å². The van der Waals surface area contributed by atoms with Gasteiger partial charge in [0.1, 0.15) is 0 Å². The standard InChI is InChI=1S/C15H17NO4S/c1-10(17)21-13-8-14(18)16(9-13)12-5-3-11(4-6-12)7-15(19)20-2/h3-6,13H,7-9H2,1-2H3. The van der Waals surface area contributed by atoms with E-state index in [9.17, 15) is 14.4 Å². The fourth-order valence-corrected chi connectivity index (χ4v) is 3.19. The highest BCUT2D eigenvalue weighted by Crippen LogP contribution is 2.28. The van der Waals surface area contributed by atoms with Crippen LogP contribution in [0.4, 0.5) is 5.69 Å². The molecule has 112 valence electrons. The highest BCUT2D eigenvalue weighted by Gasteiger charge is 2.31.